The second-order valence-corrected chi connectivity index (χ2v) is 5.35. The Labute approximate surface area is 166 Å². The van der Waals surface area contributed by atoms with Crippen LogP contribution in [0.4, 0.5) is 0 Å². The fourth-order valence-corrected chi connectivity index (χ4v) is 1.68. The molecule has 0 radical (unpaired) electrons. The van der Waals surface area contributed by atoms with Gasteiger partial charge in [-0.15, -0.1) is 26.3 Å². The van der Waals surface area contributed by atoms with E-state index in [1.165, 1.54) is 4.90 Å². The van der Waals surface area contributed by atoms with E-state index >= 15 is 0 Å². The van der Waals surface area contributed by atoms with E-state index in [2.05, 4.69) is 36.4 Å². The summed E-state index contributed by atoms with van der Waals surface area (Å²) in [5, 5.41) is 11.4. The van der Waals surface area contributed by atoms with Gasteiger partial charge < -0.3 is 20.1 Å². The second kappa shape index (κ2) is 18.8. The number of amides is 1. The van der Waals surface area contributed by atoms with Crippen LogP contribution in [-0.2, 0) is 23.9 Å². The van der Waals surface area contributed by atoms with Crippen molar-refractivity contribution >= 4 is 23.8 Å². The molecule has 28 heavy (non-hydrogen) atoms. The summed E-state index contributed by atoms with van der Waals surface area (Å²) in [6.07, 6.45) is 7.26. The highest BCUT2D eigenvalue weighted by molar-refractivity contribution is 5.92. The van der Waals surface area contributed by atoms with E-state index < -0.39 is 17.9 Å². The lowest BCUT2D eigenvalue weighted by Crippen LogP contribution is -2.31. The van der Waals surface area contributed by atoms with Crippen molar-refractivity contribution in [3.63, 3.8) is 0 Å². The van der Waals surface area contributed by atoms with Crippen molar-refractivity contribution in [3.8, 4) is 0 Å². The van der Waals surface area contributed by atoms with Crippen LogP contribution >= 0.6 is 0 Å². The van der Waals surface area contributed by atoms with E-state index in [4.69, 9.17) is 5.11 Å². The van der Waals surface area contributed by atoms with E-state index in [0.717, 1.165) is 13.1 Å². The summed E-state index contributed by atoms with van der Waals surface area (Å²) in [6, 6.07) is 0. The topological polar surface area (TPSA) is 113 Å². The van der Waals surface area contributed by atoms with Gasteiger partial charge in [0.05, 0.1) is 19.3 Å². The number of carboxylic acid groups (broad SMARTS) is 1. The third-order valence-electron chi connectivity index (χ3n) is 2.94. The van der Waals surface area contributed by atoms with Crippen molar-refractivity contribution in [2.24, 2.45) is 0 Å². The van der Waals surface area contributed by atoms with Crippen LogP contribution < -0.4 is 5.32 Å². The van der Waals surface area contributed by atoms with Gasteiger partial charge in [-0.05, 0) is 0 Å². The largest absolute Gasteiger partial charge is 0.481 e. The van der Waals surface area contributed by atoms with Gasteiger partial charge in [-0.3, -0.25) is 19.2 Å². The number of aliphatic carboxylic acids is 1. The summed E-state index contributed by atoms with van der Waals surface area (Å²) in [5.74, 6) is -1.95. The number of carbonyl (C=O) groups excluding carboxylic acids is 3. The molecule has 1 aliphatic rings. The van der Waals surface area contributed by atoms with Crippen LogP contribution in [0.5, 0.6) is 0 Å². The van der Waals surface area contributed by atoms with E-state index in [-0.39, 0.29) is 31.6 Å². The van der Waals surface area contributed by atoms with Crippen LogP contribution in [0, 0.1) is 0 Å². The highest BCUT2D eigenvalue weighted by Crippen LogP contribution is 2.04. The van der Waals surface area contributed by atoms with Crippen molar-refractivity contribution in [2.75, 3.05) is 26.2 Å². The lowest BCUT2D eigenvalue weighted by atomic mass is 10.2. The number of esters is 2. The van der Waals surface area contributed by atoms with Crippen LogP contribution in [0.2, 0.25) is 0 Å². The Morgan fingerprint density at radius 2 is 1.39 bits per heavy atom. The Kier molecular flexibility index (Phi) is 18.3. The predicted molar refractivity (Wildman–Crippen MR) is 107 cm³/mol. The molecule has 1 fully saturated rings. The maximum Gasteiger partial charge on any atom is 0.314 e. The lowest BCUT2D eigenvalue weighted by molar-refractivity contribution is -0.152. The number of carbonyl (C=O) groups is 4. The number of nitrogens with zero attached hydrogens (tertiary/aromatic N) is 1. The molecule has 8 nitrogen and oxygen atoms in total. The third-order valence-corrected chi connectivity index (χ3v) is 2.94. The molecule has 1 amide bonds. The zero-order chi connectivity index (χ0) is 21.8. The van der Waals surface area contributed by atoms with Gasteiger partial charge >= 0.3 is 17.9 Å². The van der Waals surface area contributed by atoms with Gasteiger partial charge in [0.2, 0.25) is 5.91 Å². The molecule has 1 heterocycles. The summed E-state index contributed by atoms with van der Waals surface area (Å²) in [5.41, 5.74) is 0. The lowest BCUT2D eigenvalue weighted by Gasteiger charge is -2.18. The Morgan fingerprint density at radius 3 is 1.68 bits per heavy atom. The average Bonchev–Trinajstić information content (AvgIpc) is 3.04. The van der Waals surface area contributed by atoms with E-state index in [0.29, 0.717) is 13.1 Å². The minimum absolute atomic E-state index is 0.0248. The zero-order valence-corrected chi connectivity index (χ0v) is 16.2. The van der Waals surface area contributed by atoms with Gasteiger partial charge in [-0.2, -0.15) is 0 Å². The van der Waals surface area contributed by atoms with Gasteiger partial charge in [0.1, 0.15) is 0 Å². The average molecular weight is 394 g/mol. The van der Waals surface area contributed by atoms with Gasteiger partial charge in [0, 0.05) is 32.6 Å². The maximum absolute atomic E-state index is 11.4. The molecule has 0 saturated carbocycles. The summed E-state index contributed by atoms with van der Waals surface area (Å²) in [4.78, 5) is 43.1. The highest BCUT2D eigenvalue weighted by Gasteiger charge is 2.19. The molecule has 156 valence electrons. The Balaban J connectivity index is 0. The van der Waals surface area contributed by atoms with Crippen molar-refractivity contribution in [1.29, 1.82) is 0 Å². The number of rotatable bonds is 11. The van der Waals surface area contributed by atoms with E-state index in [9.17, 15) is 19.2 Å². The highest BCUT2D eigenvalue weighted by atomic mass is 16.6. The fraction of sp³-hybridized carbons (Fsp3) is 0.400. The Morgan fingerprint density at radius 1 is 0.929 bits per heavy atom. The molecular weight excluding hydrogens is 364 g/mol. The molecule has 0 aromatic heterocycles. The number of hydrogen-bond donors (Lipinski definition) is 2. The SMILES string of the molecule is C=CCN(CC=C)C(=O)CCC(=O)O.C=CCNCC=C.O=C1CCC(=O)O1. The molecule has 0 bridgehead atoms. The van der Waals surface area contributed by atoms with Crippen LogP contribution in [-0.4, -0.2) is 60.0 Å². The number of cyclic esters (lactones) is 2. The molecule has 0 atom stereocenters. The van der Waals surface area contributed by atoms with Gasteiger partial charge in [-0.25, -0.2) is 0 Å². The molecule has 1 rings (SSSR count). The number of ether oxygens (including phenoxy) is 1. The second-order valence-electron chi connectivity index (χ2n) is 5.35. The fourth-order valence-electron chi connectivity index (χ4n) is 1.68. The monoisotopic (exact) mass is 394 g/mol. The molecule has 0 aromatic carbocycles. The molecule has 8 heteroatoms. The third kappa shape index (κ3) is 17.8. The number of nitrogens with one attached hydrogen (secondary N) is 1. The molecule has 1 saturated heterocycles. The molecule has 1 aliphatic heterocycles. The minimum Gasteiger partial charge on any atom is -0.481 e. The molecular formula is C20H30N2O6. The van der Waals surface area contributed by atoms with Crippen molar-refractivity contribution in [2.45, 2.75) is 25.7 Å². The summed E-state index contributed by atoms with van der Waals surface area (Å²) in [6.45, 7) is 16.7. The summed E-state index contributed by atoms with van der Waals surface area (Å²) in [7, 11) is 0. The number of carboxylic acids is 1. The first-order valence-electron chi connectivity index (χ1n) is 8.69. The molecule has 0 aromatic rings. The summed E-state index contributed by atoms with van der Waals surface area (Å²) >= 11 is 0. The Hall–Kier alpha value is -3.00. The Bertz CT molecular complexity index is 525. The molecule has 0 aliphatic carbocycles. The van der Waals surface area contributed by atoms with E-state index in [1.54, 1.807) is 12.2 Å². The number of hydrogen-bond acceptors (Lipinski definition) is 6. The van der Waals surface area contributed by atoms with Crippen LogP contribution in [0.3, 0.4) is 0 Å². The van der Waals surface area contributed by atoms with Crippen LogP contribution in [0.25, 0.3) is 0 Å². The standard InChI is InChI=1S/C10H15NO3.C6H11N.C4H4O3/c1-3-7-11(8-4-2)9(12)5-6-10(13)14;1-3-5-7-6-4-2;5-3-1-2-4(6)7-3/h3-4H,1-2,5-8H2,(H,13,14);3-4,7H,1-2,5-6H2;1-2H2. The van der Waals surface area contributed by atoms with E-state index in [1.807, 2.05) is 12.2 Å². The van der Waals surface area contributed by atoms with Crippen molar-refractivity contribution < 1.29 is 29.0 Å². The zero-order valence-electron chi connectivity index (χ0n) is 16.2. The van der Waals surface area contributed by atoms with Gasteiger partial charge in [0.15, 0.2) is 0 Å². The normalized spacial score (nSPS) is 11.6. The smallest absolute Gasteiger partial charge is 0.314 e. The maximum atomic E-state index is 11.4. The van der Waals surface area contributed by atoms with Crippen molar-refractivity contribution in [3.05, 3.63) is 50.6 Å². The van der Waals surface area contributed by atoms with Gasteiger partial charge in [-0.1, -0.05) is 24.3 Å². The minimum atomic E-state index is -0.962. The first-order chi connectivity index (χ1) is 13.3. The van der Waals surface area contributed by atoms with Crippen molar-refractivity contribution in [1.82, 2.24) is 10.2 Å². The molecule has 0 unspecified atom stereocenters. The first-order valence-corrected chi connectivity index (χ1v) is 8.69. The molecule has 2 N–H and O–H groups in total. The van der Waals surface area contributed by atoms with Crippen LogP contribution in [0.15, 0.2) is 50.6 Å². The predicted octanol–water partition coefficient (Wildman–Crippen LogP) is 1.85. The summed E-state index contributed by atoms with van der Waals surface area (Å²) < 4.78 is 4.08. The van der Waals surface area contributed by atoms with Gasteiger partial charge in [0.25, 0.3) is 0 Å². The first kappa shape index (κ1) is 27.2. The molecule has 0 spiro atoms. The quantitative estimate of drug-likeness (QED) is 0.238. The van der Waals surface area contributed by atoms with Crippen LogP contribution in [0.1, 0.15) is 25.7 Å².